The quantitative estimate of drug-likeness (QED) is 0.251. The van der Waals surface area contributed by atoms with E-state index in [0.29, 0.717) is 0 Å². The molecular weight excluding hydrogens is 422 g/mol. The number of benzene rings is 6. The maximum atomic E-state index is 2.47. The van der Waals surface area contributed by atoms with Crippen LogP contribution in [0, 0.1) is 0 Å². The number of hydrogen-bond donors (Lipinski definition) is 0. The van der Waals surface area contributed by atoms with Gasteiger partial charge in [0.1, 0.15) is 0 Å². The van der Waals surface area contributed by atoms with Crippen LogP contribution in [0.25, 0.3) is 71.1 Å². The third-order valence-corrected chi connectivity index (χ3v) is 7.49. The molecule has 8 aromatic rings. The first-order valence-corrected chi connectivity index (χ1v) is 12.1. The minimum absolute atomic E-state index is 1.24. The van der Waals surface area contributed by atoms with Gasteiger partial charge in [-0.25, -0.2) is 0 Å². The third kappa shape index (κ3) is 2.58. The fourth-order valence-electron chi connectivity index (χ4n) is 5.94. The number of para-hydroxylation sites is 1. The zero-order valence-electron chi connectivity index (χ0n) is 19.1. The summed E-state index contributed by atoms with van der Waals surface area (Å²) in [5.74, 6) is 0. The second-order valence-electron chi connectivity index (χ2n) is 9.40. The summed E-state index contributed by atoms with van der Waals surface area (Å²) in [5.41, 5.74) is 8.90. The fraction of sp³-hybridized carbons (Fsp3) is 0. The van der Waals surface area contributed by atoms with Crippen LogP contribution in [0.5, 0.6) is 0 Å². The van der Waals surface area contributed by atoms with Gasteiger partial charge in [0.25, 0.3) is 0 Å². The molecule has 1 heteroatoms. The molecule has 0 radical (unpaired) electrons. The van der Waals surface area contributed by atoms with Crippen molar-refractivity contribution >= 4 is 48.9 Å². The van der Waals surface area contributed by atoms with Crippen molar-refractivity contribution < 1.29 is 0 Å². The topological polar surface area (TPSA) is 4.41 Å². The van der Waals surface area contributed by atoms with Crippen LogP contribution in [-0.4, -0.2) is 4.40 Å². The first-order valence-electron chi connectivity index (χ1n) is 12.1. The SMILES string of the molecule is c1ccc(-c2ccccc2-c2cc3c4ccccc4n4c5cc6ccccc6cc5c(c2)c34)cc1. The van der Waals surface area contributed by atoms with Gasteiger partial charge in [0, 0.05) is 21.5 Å². The Labute approximate surface area is 202 Å². The highest BCUT2D eigenvalue weighted by atomic mass is 14.9. The van der Waals surface area contributed by atoms with Gasteiger partial charge in [-0.1, -0.05) is 97.1 Å². The number of hydrogen-bond acceptors (Lipinski definition) is 0. The summed E-state index contributed by atoms with van der Waals surface area (Å²) in [4.78, 5) is 0. The Morgan fingerprint density at radius 2 is 0.971 bits per heavy atom. The molecule has 0 spiro atoms. The van der Waals surface area contributed by atoms with E-state index in [1.165, 1.54) is 71.1 Å². The summed E-state index contributed by atoms with van der Waals surface area (Å²) in [6, 6.07) is 46.5. The van der Waals surface area contributed by atoms with Gasteiger partial charge in [0.05, 0.1) is 16.6 Å². The predicted molar refractivity (Wildman–Crippen MR) is 149 cm³/mol. The lowest BCUT2D eigenvalue weighted by Crippen LogP contribution is -1.85. The van der Waals surface area contributed by atoms with Crippen molar-refractivity contribution in [1.29, 1.82) is 0 Å². The molecule has 8 rings (SSSR count). The predicted octanol–water partition coefficient (Wildman–Crippen LogP) is 9.32. The zero-order valence-corrected chi connectivity index (χ0v) is 19.1. The lowest BCUT2D eigenvalue weighted by atomic mass is 9.92. The Hall–Kier alpha value is -4.62. The highest BCUT2D eigenvalue weighted by Gasteiger charge is 2.20. The Balaban J connectivity index is 1.55. The second kappa shape index (κ2) is 6.94. The molecule has 6 aromatic carbocycles. The molecular formula is C34H21N. The standard InChI is InChI=1S/C34H21N/c1-2-10-22(11-3-1)26-14-6-7-15-27(26)25-19-30-28-16-8-9-17-32(28)35-33-21-24-13-5-4-12-23(24)18-29(33)31(20-25)34(30)35/h1-21H. The molecule has 0 saturated heterocycles. The van der Waals surface area contributed by atoms with Crippen molar-refractivity contribution in [2.24, 2.45) is 0 Å². The van der Waals surface area contributed by atoms with Crippen LogP contribution in [0.1, 0.15) is 0 Å². The average molecular weight is 444 g/mol. The number of rotatable bonds is 2. The normalized spacial score (nSPS) is 12.0. The molecule has 0 aliphatic heterocycles. The summed E-state index contributed by atoms with van der Waals surface area (Å²) < 4.78 is 2.47. The van der Waals surface area contributed by atoms with Crippen molar-refractivity contribution in [3.63, 3.8) is 0 Å². The molecule has 2 heterocycles. The highest BCUT2D eigenvalue weighted by molar-refractivity contribution is 6.25. The van der Waals surface area contributed by atoms with E-state index in [4.69, 9.17) is 0 Å². The van der Waals surface area contributed by atoms with E-state index in [9.17, 15) is 0 Å². The van der Waals surface area contributed by atoms with Crippen molar-refractivity contribution in [3.8, 4) is 22.3 Å². The van der Waals surface area contributed by atoms with Gasteiger partial charge in [-0.15, -0.1) is 0 Å². The average Bonchev–Trinajstić information content (AvgIpc) is 3.43. The molecule has 0 atom stereocenters. The van der Waals surface area contributed by atoms with E-state index >= 15 is 0 Å². The van der Waals surface area contributed by atoms with E-state index in [-0.39, 0.29) is 0 Å². The van der Waals surface area contributed by atoms with Crippen molar-refractivity contribution in [3.05, 3.63) is 127 Å². The van der Waals surface area contributed by atoms with Crippen LogP contribution in [0.2, 0.25) is 0 Å². The van der Waals surface area contributed by atoms with Gasteiger partial charge in [0.2, 0.25) is 0 Å². The molecule has 0 fully saturated rings. The Bertz CT molecular complexity index is 2040. The Morgan fingerprint density at radius 3 is 1.77 bits per heavy atom. The van der Waals surface area contributed by atoms with E-state index in [1.807, 2.05) is 0 Å². The summed E-state index contributed by atoms with van der Waals surface area (Å²) >= 11 is 0. The molecule has 0 amide bonds. The monoisotopic (exact) mass is 443 g/mol. The number of fused-ring (bicyclic) bond motifs is 7. The minimum atomic E-state index is 1.24. The maximum absolute atomic E-state index is 2.47. The summed E-state index contributed by atoms with van der Waals surface area (Å²) in [5, 5.41) is 7.81. The lowest BCUT2D eigenvalue weighted by Gasteiger charge is -2.11. The number of aromatic nitrogens is 1. The van der Waals surface area contributed by atoms with Gasteiger partial charge in [0.15, 0.2) is 0 Å². The van der Waals surface area contributed by atoms with Crippen LogP contribution in [0.15, 0.2) is 127 Å². The lowest BCUT2D eigenvalue weighted by molar-refractivity contribution is 1.37. The zero-order chi connectivity index (χ0) is 22.9. The van der Waals surface area contributed by atoms with Crippen LogP contribution in [0.3, 0.4) is 0 Å². The van der Waals surface area contributed by atoms with Crippen LogP contribution in [-0.2, 0) is 0 Å². The van der Waals surface area contributed by atoms with E-state index < -0.39 is 0 Å². The van der Waals surface area contributed by atoms with Gasteiger partial charge in [-0.3, -0.25) is 0 Å². The largest absolute Gasteiger partial charge is 0.308 e. The molecule has 0 N–H and O–H groups in total. The van der Waals surface area contributed by atoms with Gasteiger partial charge >= 0.3 is 0 Å². The molecule has 0 saturated carbocycles. The van der Waals surface area contributed by atoms with E-state index in [2.05, 4.69) is 132 Å². The Kier molecular flexibility index (Phi) is 3.72. The van der Waals surface area contributed by atoms with Gasteiger partial charge < -0.3 is 4.40 Å². The first kappa shape index (κ1) is 18.8. The smallest absolute Gasteiger partial charge is 0.0620 e. The summed E-state index contributed by atoms with van der Waals surface area (Å²) in [6.07, 6.45) is 0. The van der Waals surface area contributed by atoms with Crippen LogP contribution in [0.4, 0.5) is 0 Å². The molecule has 0 bridgehead atoms. The molecule has 0 aliphatic rings. The van der Waals surface area contributed by atoms with Gasteiger partial charge in [-0.2, -0.15) is 0 Å². The molecule has 162 valence electrons. The van der Waals surface area contributed by atoms with Crippen molar-refractivity contribution in [2.45, 2.75) is 0 Å². The summed E-state index contributed by atoms with van der Waals surface area (Å²) in [6.45, 7) is 0. The third-order valence-electron chi connectivity index (χ3n) is 7.49. The summed E-state index contributed by atoms with van der Waals surface area (Å²) in [7, 11) is 0. The molecule has 0 aliphatic carbocycles. The molecule has 35 heavy (non-hydrogen) atoms. The Morgan fingerprint density at radius 1 is 0.371 bits per heavy atom. The highest BCUT2D eigenvalue weighted by Crippen LogP contribution is 2.43. The first-order chi connectivity index (χ1) is 17.4. The van der Waals surface area contributed by atoms with Crippen LogP contribution < -0.4 is 0 Å². The van der Waals surface area contributed by atoms with Crippen molar-refractivity contribution in [1.82, 2.24) is 4.40 Å². The van der Waals surface area contributed by atoms with E-state index in [0.717, 1.165) is 0 Å². The number of nitrogens with zero attached hydrogens (tertiary/aromatic N) is 1. The van der Waals surface area contributed by atoms with E-state index in [1.54, 1.807) is 0 Å². The molecule has 2 aromatic heterocycles. The fourth-order valence-corrected chi connectivity index (χ4v) is 5.94. The minimum Gasteiger partial charge on any atom is -0.308 e. The van der Waals surface area contributed by atoms with Crippen LogP contribution >= 0.6 is 0 Å². The maximum Gasteiger partial charge on any atom is 0.0620 e. The second-order valence-corrected chi connectivity index (χ2v) is 9.40. The molecule has 0 unspecified atom stereocenters. The molecule has 1 nitrogen and oxygen atoms in total. The van der Waals surface area contributed by atoms with Gasteiger partial charge in [-0.05, 0) is 63.4 Å². The van der Waals surface area contributed by atoms with Crippen molar-refractivity contribution in [2.75, 3.05) is 0 Å².